The van der Waals surface area contributed by atoms with Gasteiger partial charge in [0.2, 0.25) is 0 Å². The molecule has 0 aromatic heterocycles. The monoisotopic (exact) mass is 915 g/mol. The molecule has 0 saturated heterocycles. The lowest BCUT2D eigenvalue weighted by Crippen LogP contribution is -2.13. The summed E-state index contributed by atoms with van der Waals surface area (Å²) in [5.74, 6) is 1.98. The van der Waals surface area contributed by atoms with E-state index < -0.39 is 7.82 Å². The normalized spacial score (nSPS) is 11.7. The summed E-state index contributed by atoms with van der Waals surface area (Å²) >= 11 is 0. The molecule has 0 aliphatic rings. The van der Waals surface area contributed by atoms with Crippen molar-refractivity contribution < 1.29 is 18.1 Å². The van der Waals surface area contributed by atoms with Crippen LogP contribution in [0.25, 0.3) is 0 Å². The van der Waals surface area contributed by atoms with Gasteiger partial charge in [0.1, 0.15) is 17.2 Å². The van der Waals surface area contributed by atoms with Crippen LogP contribution in [0.5, 0.6) is 17.2 Å². The van der Waals surface area contributed by atoms with E-state index in [-0.39, 0.29) is 0 Å². The highest BCUT2D eigenvalue weighted by Crippen LogP contribution is 2.54. The third-order valence-corrected chi connectivity index (χ3v) is 15.5. The zero-order chi connectivity index (χ0) is 47.1. The van der Waals surface area contributed by atoms with Gasteiger partial charge in [0, 0.05) is 0 Å². The maximum atomic E-state index is 15.9. The lowest BCUT2D eigenvalue weighted by molar-refractivity contribution is 0.292. The number of rotatable bonds is 39. The van der Waals surface area contributed by atoms with Gasteiger partial charge in [-0.2, -0.15) is 4.57 Å². The molecule has 0 amide bonds. The minimum atomic E-state index is -4.30. The molecule has 368 valence electrons. The third kappa shape index (κ3) is 21.9. The summed E-state index contributed by atoms with van der Waals surface area (Å²) in [7, 11) is -4.30. The first-order valence-electron chi connectivity index (χ1n) is 27.5. The molecular formula is C60H99O4P. The summed E-state index contributed by atoms with van der Waals surface area (Å²) in [4.78, 5) is 0. The molecule has 0 radical (unpaired) electrons. The fourth-order valence-electron chi connectivity index (χ4n) is 9.31. The van der Waals surface area contributed by atoms with Crippen molar-refractivity contribution in [3.8, 4) is 17.2 Å². The van der Waals surface area contributed by atoms with Crippen LogP contribution in [0.15, 0.2) is 36.4 Å². The molecule has 0 saturated carbocycles. The molecule has 3 aromatic rings. The van der Waals surface area contributed by atoms with E-state index in [9.17, 15) is 0 Å². The topological polar surface area (TPSA) is 44.8 Å². The van der Waals surface area contributed by atoms with Gasteiger partial charge in [-0.1, -0.05) is 231 Å². The Labute approximate surface area is 402 Å². The highest BCUT2D eigenvalue weighted by atomic mass is 31.2. The van der Waals surface area contributed by atoms with Crippen molar-refractivity contribution in [1.82, 2.24) is 0 Å². The van der Waals surface area contributed by atoms with Crippen LogP contribution in [0.2, 0.25) is 0 Å². The molecule has 0 heterocycles. The van der Waals surface area contributed by atoms with E-state index >= 15 is 4.57 Å². The molecule has 0 bridgehead atoms. The Bertz CT molecular complexity index is 1570. The molecule has 65 heavy (non-hydrogen) atoms. The average molecular weight is 915 g/mol. The second kappa shape index (κ2) is 33.7. The van der Waals surface area contributed by atoms with Crippen molar-refractivity contribution in [3.63, 3.8) is 0 Å². The molecule has 3 aromatic carbocycles. The number of phosphoric acid groups is 1. The van der Waals surface area contributed by atoms with Gasteiger partial charge in [0.25, 0.3) is 0 Å². The molecule has 3 rings (SSSR count). The number of unbranched alkanes of at least 4 members (excludes halogenated alkanes) is 27. The van der Waals surface area contributed by atoms with E-state index in [1.807, 2.05) is 0 Å². The molecule has 0 aliphatic heterocycles. The molecule has 4 nitrogen and oxygen atoms in total. The predicted octanol–water partition coefficient (Wildman–Crippen LogP) is 20.6. The first kappa shape index (κ1) is 56.6. The van der Waals surface area contributed by atoms with Crippen molar-refractivity contribution in [1.29, 1.82) is 0 Å². The van der Waals surface area contributed by atoms with E-state index in [0.29, 0.717) is 17.2 Å². The van der Waals surface area contributed by atoms with Crippen molar-refractivity contribution in [2.24, 2.45) is 0 Å². The minimum Gasteiger partial charge on any atom is -0.385 e. The lowest BCUT2D eigenvalue weighted by Gasteiger charge is -2.26. The van der Waals surface area contributed by atoms with Crippen LogP contribution < -0.4 is 13.6 Å². The van der Waals surface area contributed by atoms with Crippen LogP contribution in [-0.4, -0.2) is 0 Å². The molecule has 0 N–H and O–H groups in total. The SMILES string of the molecule is CCCCCCCCCCCCc1ccc(C)c(C)c1OP(=O)(Oc1c(CCCCCCCCCCCC)ccc(C)c1C)Oc1c(CCCCCCCCCCCC)ccc(C)c1C. The highest BCUT2D eigenvalue weighted by Gasteiger charge is 2.38. The zero-order valence-corrected chi connectivity index (χ0v) is 44.8. The van der Waals surface area contributed by atoms with Gasteiger partial charge < -0.3 is 13.6 Å². The summed E-state index contributed by atoms with van der Waals surface area (Å²) in [5.41, 5.74) is 9.58. The number of hydrogen-bond acceptors (Lipinski definition) is 4. The van der Waals surface area contributed by atoms with Crippen LogP contribution in [0.1, 0.15) is 263 Å². The lowest BCUT2D eigenvalue weighted by atomic mass is 9.99. The van der Waals surface area contributed by atoms with Crippen molar-refractivity contribution >= 4 is 7.82 Å². The summed E-state index contributed by atoms with van der Waals surface area (Å²) < 4.78 is 36.7. The predicted molar refractivity (Wildman–Crippen MR) is 284 cm³/mol. The van der Waals surface area contributed by atoms with Crippen molar-refractivity contribution in [3.05, 3.63) is 86.5 Å². The van der Waals surface area contributed by atoms with E-state index in [0.717, 1.165) is 88.6 Å². The smallest absolute Gasteiger partial charge is 0.385 e. The third-order valence-electron chi connectivity index (χ3n) is 14.3. The molecule has 0 atom stereocenters. The van der Waals surface area contributed by atoms with Crippen LogP contribution in [0, 0.1) is 41.5 Å². The summed E-state index contributed by atoms with van der Waals surface area (Å²) in [5, 5.41) is 0. The van der Waals surface area contributed by atoms with E-state index in [1.165, 1.54) is 173 Å². The van der Waals surface area contributed by atoms with Gasteiger partial charge in [-0.25, -0.2) is 0 Å². The van der Waals surface area contributed by atoms with Gasteiger partial charge in [-0.3, -0.25) is 0 Å². The van der Waals surface area contributed by atoms with Crippen LogP contribution in [0.4, 0.5) is 0 Å². The van der Waals surface area contributed by atoms with Crippen molar-refractivity contribution in [2.75, 3.05) is 0 Å². The van der Waals surface area contributed by atoms with E-state index in [2.05, 4.69) is 98.7 Å². The molecule has 5 heteroatoms. The fourth-order valence-corrected chi connectivity index (χ4v) is 10.9. The Hall–Kier alpha value is -2.71. The molecule has 0 spiro atoms. The standard InChI is InChI=1S/C60H99O4P/c1-10-13-16-19-22-25-28-31-34-37-40-55-46-43-49(4)52(7)58(55)62-65(61,63-59-53(8)50(5)44-47-56(59)41-38-35-32-29-26-23-20-17-14-11-2)64-60-54(9)51(6)45-48-57(60)42-39-36-33-30-27-24-21-18-15-12-3/h43-48H,10-42H2,1-9H3. The first-order chi connectivity index (χ1) is 31.5. The number of benzene rings is 3. The summed E-state index contributed by atoms with van der Waals surface area (Å²) in [6.45, 7) is 19.5. The summed E-state index contributed by atoms with van der Waals surface area (Å²) in [6, 6.07) is 13.1. The number of phosphoric ester groups is 1. The Kier molecular flexibility index (Phi) is 29.4. The number of aryl methyl sites for hydroxylation is 6. The van der Waals surface area contributed by atoms with Gasteiger partial charge in [-0.05, 0) is 130 Å². The van der Waals surface area contributed by atoms with Gasteiger partial charge in [0.05, 0.1) is 0 Å². The van der Waals surface area contributed by atoms with E-state index in [1.54, 1.807) is 0 Å². The minimum absolute atomic E-state index is 0.660. The van der Waals surface area contributed by atoms with Crippen LogP contribution >= 0.6 is 7.82 Å². The van der Waals surface area contributed by atoms with Crippen LogP contribution in [0.3, 0.4) is 0 Å². The molecule has 0 unspecified atom stereocenters. The fraction of sp³-hybridized carbons (Fsp3) is 0.700. The number of hydrogen-bond donors (Lipinski definition) is 0. The molecular weight excluding hydrogens is 816 g/mol. The van der Waals surface area contributed by atoms with Gasteiger partial charge in [0.15, 0.2) is 0 Å². The zero-order valence-electron chi connectivity index (χ0n) is 43.9. The maximum absolute atomic E-state index is 15.9. The average Bonchev–Trinajstić information content (AvgIpc) is 3.29. The molecule has 0 aliphatic carbocycles. The van der Waals surface area contributed by atoms with Crippen LogP contribution in [-0.2, 0) is 23.8 Å². The Morgan fingerprint density at radius 1 is 0.308 bits per heavy atom. The second-order valence-electron chi connectivity index (χ2n) is 20.0. The summed E-state index contributed by atoms with van der Waals surface area (Å²) in [6.07, 6.45) is 41.3. The quantitative estimate of drug-likeness (QED) is 0.0422. The molecule has 0 fully saturated rings. The second-order valence-corrected chi connectivity index (χ2v) is 21.4. The van der Waals surface area contributed by atoms with Gasteiger partial charge in [-0.15, -0.1) is 0 Å². The highest BCUT2D eigenvalue weighted by molar-refractivity contribution is 7.49. The maximum Gasteiger partial charge on any atom is 0.647 e. The largest absolute Gasteiger partial charge is 0.647 e. The first-order valence-corrected chi connectivity index (χ1v) is 29.0. The Morgan fingerprint density at radius 2 is 0.508 bits per heavy atom. The van der Waals surface area contributed by atoms with Gasteiger partial charge >= 0.3 is 7.82 Å². The Morgan fingerprint density at radius 3 is 0.723 bits per heavy atom. The van der Waals surface area contributed by atoms with Crippen molar-refractivity contribution in [2.45, 2.75) is 274 Å². The van der Waals surface area contributed by atoms with E-state index in [4.69, 9.17) is 13.6 Å². The Balaban J connectivity index is 1.88.